The molecular weight excluding hydrogens is 467 g/mol. The Balaban J connectivity index is 1.54. The third-order valence-corrected chi connectivity index (χ3v) is 5.93. The fraction of sp³-hybridized carbons (Fsp3) is 0.250. The number of carbonyl (C=O) groups is 3. The molecule has 0 radical (unpaired) electrons. The minimum absolute atomic E-state index is 0.0285. The first kappa shape index (κ1) is 21.3. The summed E-state index contributed by atoms with van der Waals surface area (Å²) in [6.45, 7) is 1.39. The number of esters is 1. The van der Waals surface area contributed by atoms with Gasteiger partial charge in [0.15, 0.2) is 6.61 Å². The van der Waals surface area contributed by atoms with Gasteiger partial charge >= 0.3 is 5.97 Å². The number of benzene rings is 2. The van der Waals surface area contributed by atoms with Crippen molar-refractivity contribution in [2.24, 2.45) is 5.92 Å². The number of amides is 2. The van der Waals surface area contributed by atoms with Crippen LogP contribution < -0.4 is 10.2 Å². The number of ether oxygens (including phenoxy) is 1. The Morgan fingerprint density at radius 1 is 1.28 bits per heavy atom. The van der Waals surface area contributed by atoms with Crippen molar-refractivity contribution < 1.29 is 23.5 Å². The Hall–Kier alpha value is -2.45. The van der Waals surface area contributed by atoms with Gasteiger partial charge in [-0.05, 0) is 64.8 Å². The number of nitrogens with one attached hydrogen (secondary N) is 1. The molecule has 1 aliphatic heterocycles. The summed E-state index contributed by atoms with van der Waals surface area (Å²) in [4.78, 5) is 38.0. The lowest BCUT2D eigenvalue weighted by Gasteiger charge is -2.16. The Morgan fingerprint density at radius 3 is 2.66 bits per heavy atom. The van der Waals surface area contributed by atoms with Crippen LogP contribution >= 0.6 is 27.5 Å². The van der Waals surface area contributed by atoms with Gasteiger partial charge in [-0.15, -0.1) is 0 Å². The number of hydrogen-bond donors (Lipinski definition) is 1. The Morgan fingerprint density at radius 2 is 1.97 bits per heavy atom. The summed E-state index contributed by atoms with van der Waals surface area (Å²) < 4.78 is 18.8. The van der Waals surface area contributed by atoms with Crippen LogP contribution in [0.2, 0.25) is 5.02 Å². The van der Waals surface area contributed by atoms with Crippen LogP contribution in [0.1, 0.15) is 12.0 Å². The highest BCUT2D eigenvalue weighted by Gasteiger charge is 2.36. The molecule has 2 amide bonds. The molecular formula is C20H17BrClFN2O4. The molecule has 0 unspecified atom stereocenters. The van der Waals surface area contributed by atoms with Crippen LogP contribution in [0.25, 0.3) is 0 Å². The van der Waals surface area contributed by atoms with Gasteiger partial charge in [-0.25, -0.2) is 4.39 Å². The predicted molar refractivity (Wildman–Crippen MR) is 110 cm³/mol. The number of carbonyl (C=O) groups excluding carboxylic acids is 3. The van der Waals surface area contributed by atoms with Gasteiger partial charge in [0.2, 0.25) is 5.91 Å². The van der Waals surface area contributed by atoms with Gasteiger partial charge in [-0.2, -0.15) is 0 Å². The zero-order valence-corrected chi connectivity index (χ0v) is 17.7. The lowest BCUT2D eigenvalue weighted by Crippen LogP contribution is -2.28. The molecule has 29 heavy (non-hydrogen) atoms. The molecule has 0 bridgehead atoms. The highest BCUT2D eigenvalue weighted by molar-refractivity contribution is 9.10. The van der Waals surface area contributed by atoms with Gasteiger partial charge in [0.25, 0.3) is 5.91 Å². The Kier molecular flexibility index (Phi) is 6.54. The second kappa shape index (κ2) is 8.92. The maximum absolute atomic E-state index is 13.0. The summed E-state index contributed by atoms with van der Waals surface area (Å²) in [7, 11) is 0. The molecule has 1 N–H and O–H groups in total. The standard InChI is InChI=1S/C20H17BrClFN2O4/c1-11-16(7-6-15(21)19(11)22)24-17(26)10-29-20(28)12-8-18(27)25(9-12)14-4-2-13(23)3-5-14/h2-7,12H,8-10H2,1H3,(H,24,26)/t12-/m0/s1. The first-order valence-corrected chi connectivity index (χ1v) is 9.90. The number of anilines is 2. The van der Waals surface area contributed by atoms with E-state index in [2.05, 4.69) is 21.2 Å². The average Bonchev–Trinajstić information content (AvgIpc) is 3.09. The second-order valence-electron chi connectivity index (χ2n) is 6.57. The van der Waals surface area contributed by atoms with E-state index in [0.29, 0.717) is 26.4 Å². The predicted octanol–water partition coefficient (Wildman–Crippen LogP) is 4.08. The molecule has 1 heterocycles. The third-order valence-electron chi connectivity index (χ3n) is 4.56. The summed E-state index contributed by atoms with van der Waals surface area (Å²) in [6.07, 6.45) is -0.0285. The van der Waals surface area contributed by atoms with Gasteiger partial charge in [0.1, 0.15) is 5.82 Å². The molecule has 0 aromatic heterocycles. The first-order chi connectivity index (χ1) is 13.8. The van der Waals surface area contributed by atoms with Crippen LogP contribution in [-0.4, -0.2) is 30.9 Å². The molecule has 152 valence electrons. The maximum Gasteiger partial charge on any atom is 0.311 e. The SMILES string of the molecule is Cc1c(NC(=O)COC(=O)[C@H]2CC(=O)N(c3ccc(F)cc3)C2)ccc(Br)c1Cl. The van der Waals surface area contributed by atoms with Crippen molar-refractivity contribution in [2.45, 2.75) is 13.3 Å². The van der Waals surface area contributed by atoms with E-state index < -0.39 is 30.2 Å². The Bertz CT molecular complexity index is 968. The van der Waals surface area contributed by atoms with E-state index in [9.17, 15) is 18.8 Å². The van der Waals surface area contributed by atoms with Crippen molar-refractivity contribution >= 4 is 56.7 Å². The van der Waals surface area contributed by atoms with Crippen LogP contribution in [0.3, 0.4) is 0 Å². The van der Waals surface area contributed by atoms with Crippen LogP contribution in [0, 0.1) is 18.7 Å². The van der Waals surface area contributed by atoms with Crippen molar-refractivity contribution in [1.29, 1.82) is 0 Å². The first-order valence-electron chi connectivity index (χ1n) is 8.73. The van der Waals surface area contributed by atoms with Crippen molar-refractivity contribution in [3.05, 3.63) is 57.3 Å². The number of nitrogens with zero attached hydrogens (tertiary/aromatic N) is 1. The largest absolute Gasteiger partial charge is 0.455 e. The van der Waals surface area contributed by atoms with Gasteiger partial charge in [0.05, 0.1) is 10.9 Å². The summed E-state index contributed by atoms with van der Waals surface area (Å²) in [5, 5.41) is 3.12. The second-order valence-corrected chi connectivity index (χ2v) is 7.80. The van der Waals surface area contributed by atoms with E-state index in [1.54, 1.807) is 19.1 Å². The molecule has 2 aromatic carbocycles. The fourth-order valence-electron chi connectivity index (χ4n) is 2.96. The van der Waals surface area contributed by atoms with Crippen molar-refractivity contribution in [2.75, 3.05) is 23.4 Å². The minimum atomic E-state index is -0.691. The van der Waals surface area contributed by atoms with Crippen LogP contribution in [-0.2, 0) is 19.1 Å². The van der Waals surface area contributed by atoms with Crippen molar-refractivity contribution in [3.63, 3.8) is 0 Å². The van der Waals surface area contributed by atoms with Crippen LogP contribution in [0.15, 0.2) is 40.9 Å². The topological polar surface area (TPSA) is 75.7 Å². The maximum atomic E-state index is 13.0. The molecule has 9 heteroatoms. The van der Waals surface area contributed by atoms with Crippen molar-refractivity contribution in [3.8, 4) is 0 Å². The van der Waals surface area contributed by atoms with E-state index in [-0.39, 0.29) is 18.9 Å². The molecule has 0 aliphatic carbocycles. The summed E-state index contributed by atoms with van der Waals surface area (Å²) in [6, 6.07) is 8.82. The molecule has 1 fully saturated rings. The lowest BCUT2D eigenvalue weighted by molar-refractivity contribution is -0.151. The van der Waals surface area contributed by atoms with E-state index >= 15 is 0 Å². The van der Waals surface area contributed by atoms with Crippen molar-refractivity contribution in [1.82, 2.24) is 0 Å². The summed E-state index contributed by atoms with van der Waals surface area (Å²) in [5.74, 6) is -2.51. The van der Waals surface area contributed by atoms with Crippen LogP contribution in [0.5, 0.6) is 0 Å². The normalized spacial score (nSPS) is 16.1. The quantitative estimate of drug-likeness (QED) is 0.650. The van der Waals surface area contributed by atoms with E-state index in [0.717, 1.165) is 0 Å². The summed E-state index contributed by atoms with van der Waals surface area (Å²) in [5.41, 5.74) is 1.70. The van der Waals surface area contributed by atoms with E-state index in [1.807, 2.05) is 0 Å². The molecule has 6 nitrogen and oxygen atoms in total. The van der Waals surface area contributed by atoms with E-state index in [4.69, 9.17) is 16.3 Å². The smallest absolute Gasteiger partial charge is 0.311 e. The number of rotatable bonds is 5. The molecule has 0 saturated carbocycles. The molecule has 1 atom stereocenters. The number of hydrogen-bond acceptors (Lipinski definition) is 4. The zero-order chi connectivity index (χ0) is 21.1. The molecule has 0 spiro atoms. The highest BCUT2D eigenvalue weighted by atomic mass is 79.9. The summed E-state index contributed by atoms with van der Waals surface area (Å²) >= 11 is 9.43. The molecule has 2 aromatic rings. The van der Waals surface area contributed by atoms with Gasteiger partial charge in [0, 0.05) is 28.8 Å². The monoisotopic (exact) mass is 482 g/mol. The lowest BCUT2D eigenvalue weighted by atomic mass is 10.1. The zero-order valence-electron chi connectivity index (χ0n) is 15.4. The van der Waals surface area contributed by atoms with Gasteiger partial charge < -0.3 is 15.0 Å². The molecule has 1 aliphatic rings. The fourth-order valence-corrected chi connectivity index (χ4v) is 3.56. The number of halogens is 3. The van der Waals surface area contributed by atoms with Crippen LogP contribution in [0.4, 0.5) is 15.8 Å². The Labute approximate surface area is 180 Å². The van der Waals surface area contributed by atoms with Gasteiger partial charge in [-0.3, -0.25) is 14.4 Å². The van der Waals surface area contributed by atoms with E-state index in [1.165, 1.54) is 29.2 Å². The third kappa shape index (κ3) is 4.94. The average molecular weight is 484 g/mol. The van der Waals surface area contributed by atoms with Gasteiger partial charge in [-0.1, -0.05) is 11.6 Å². The minimum Gasteiger partial charge on any atom is -0.455 e. The molecule has 3 rings (SSSR count). The highest BCUT2D eigenvalue weighted by Crippen LogP contribution is 2.31. The molecule has 1 saturated heterocycles.